The van der Waals surface area contributed by atoms with Gasteiger partial charge in [-0.05, 0) is 37.1 Å². The first-order chi connectivity index (χ1) is 12.7. The van der Waals surface area contributed by atoms with Crippen LogP contribution in [0.5, 0.6) is 5.75 Å². The molecule has 26 heavy (non-hydrogen) atoms. The van der Waals surface area contributed by atoms with Gasteiger partial charge in [0.05, 0.1) is 7.11 Å². The van der Waals surface area contributed by atoms with Gasteiger partial charge in [-0.15, -0.1) is 0 Å². The molecule has 2 aromatic heterocycles. The van der Waals surface area contributed by atoms with E-state index in [2.05, 4.69) is 47.2 Å². The third-order valence-electron chi connectivity index (χ3n) is 4.63. The summed E-state index contributed by atoms with van der Waals surface area (Å²) < 4.78 is 6.41. The van der Waals surface area contributed by atoms with Crippen LogP contribution >= 0.6 is 15.9 Å². The summed E-state index contributed by atoms with van der Waals surface area (Å²) in [6, 6.07) is 10.3. The van der Waals surface area contributed by atoms with Gasteiger partial charge in [-0.2, -0.15) is 0 Å². The van der Waals surface area contributed by atoms with E-state index in [1.807, 2.05) is 36.7 Å². The topological polar surface area (TPSA) is 63.2 Å². The van der Waals surface area contributed by atoms with E-state index in [1.165, 1.54) is 0 Å². The van der Waals surface area contributed by atoms with Gasteiger partial charge in [0, 0.05) is 41.4 Å². The molecule has 0 atom stereocenters. The molecule has 1 aromatic carbocycles. The van der Waals surface area contributed by atoms with Crippen molar-refractivity contribution in [1.29, 1.82) is 0 Å². The highest BCUT2D eigenvalue weighted by Crippen LogP contribution is 2.29. The second kappa shape index (κ2) is 7.45. The van der Waals surface area contributed by atoms with Crippen LogP contribution in [0.1, 0.15) is 12.8 Å². The smallest absolute Gasteiger partial charge is 0.223 e. The number of halogens is 1. The van der Waals surface area contributed by atoms with E-state index in [-0.39, 0.29) is 0 Å². The lowest BCUT2D eigenvalue weighted by atomic mass is 10.1. The zero-order valence-corrected chi connectivity index (χ0v) is 16.1. The Morgan fingerprint density at radius 1 is 1.19 bits per heavy atom. The van der Waals surface area contributed by atoms with E-state index >= 15 is 0 Å². The molecular weight excluding hydrogens is 394 g/mol. The monoisotopic (exact) mass is 413 g/mol. The highest BCUT2D eigenvalue weighted by Gasteiger charge is 2.20. The maximum absolute atomic E-state index is 5.45. The maximum Gasteiger partial charge on any atom is 0.223 e. The van der Waals surface area contributed by atoms with Crippen LogP contribution in [-0.2, 0) is 0 Å². The molecule has 0 aliphatic carbocycles. The summed E-state index contributed by atoms with van der Waals surface area (Å²) in [6.45, 7) is 1.94. The van der Waals surface area contributed by atoms with Gasteiger partial charge in [0.2, 0.25) is 5.95 Å². The first-order valence-corrected chi connectivity index (χ1v) is 9.45. The number of methoxy groups -OCH3 is 1. The number of piperidine rings is 1. The van der Waals surface area contributed by atoms with Gasteiger partial charge in [-0.1, -0.05) is 22.0 Å². The van der Waals surface area contributed by atoms with Crippen LogP contribution < -0.4 is 15.0 Å². The van der Waals surface area contributed by atoms with Gasteiger partial charge in [-0.25, -0.2) is 15.0 Å². The Labute approximate surface area is 160 Å². The molecule has 7 heteroatoms. The van der Waals surface area contributed by atoms with Crippen LogP contribution in [0.2, 0.25) is 0 Å². The fourth-order valence-corrected chi connectivity index (χ4v) is 3.73. The highest BCUT2D eigenvalue weighted by molar-refractivity contribution is 9.10. The number of hydrogen-bond donors (Lipinski definition) is 1. The fraction of sp³-hybridized carbons (Fsp3) is 0.316. The van der Waals surface area contributed by atoms with Crippen LogP contribution in [0.3, 0.4) is 0 Å². The summed E-state index contributed by atoms with van der Waals surface area (Å²) in [5, 5.41) is 4.43. The lowest BCUT2D eigenvalue weighted by Crippen LogP contribution is -2.39. The Morgan fingerprint density at radius 2 is 2.04 bits per heavy atom. The standard InChI is InChI=1S/C19H20BrN5O/c1-26-16-11-14(20)10-13-12-22-19(24-18(13)16)23-15-5-8-25(9-6-15)17-4-2-3-7-21-17/h2-4,7,10-12,15H,5-6,8-9H2,1H3,(H,22,23,24). The Bertz CT molecular complexity index is 897. The van der Waals surface area contributed by atoms with E-state index in [4.69, 9.17) is 4.74 Å². The van der Waals surface area contributed by atoms with Crippen molar-refractivity contribution in [3.63, 3.8) is 0 Å². The molecule has 0 saturated carbocycles. The van der Waals surface area contributed by atoms with Gasteiger partial charge < -0.3 is 15.0 Å². The minimum absolute atomic E-state index is 0.355. The molecule has 1 N–H and O–H groups in total. The predicted molar refractivity (Wildman–Crippen MR) is 107 cm³/mol. The predicted octanol–water partition coefficient (Wildman–Crippen LogP) is 3.88. The summed E-state index contributed by atoms with van der Waals surface area (Å²) in [5.74, 6) is 2.43. The number of hydrogen-bond acceptors (Lipinski definition) is 6. The van der Waals surface area contributed by atoms with Crippen molar-refractivity contribution >= 4 is 38.6 Å². The Kier molecular flexibility index (Phi) is 4.88. The van der Waals surface area contributed by atoms with Crippen molar-refractivity contribution in [3.05, 3.63) is 47.2 Å². The fourth-order valence-electron chi connectivity index (χ4n) is 3.28. The number of pyridine rings is 1. The number of anilines is 2. The van der Waals surface area contributed by atoms with E-state index < -0.39 is 0 Å². The molecule has 1 aliphatic heterocycles. The van der Waals surface area contributed by atoms with Gasteiger partial charge >= 0.3 is 0 Å². The molecule has 0 unspecified atom stereocenters. The summed E-state index contributed by atoms with van der Waals surface area (Å²) >= 11 is 3.49. The van der Waals surface area contributed by atoms with Crippen LogP contribution in [0.4, 0.5) is 11.8 Å². The second-order valence-corrected chi connectivity index (χ2v) is 7.25. The number of aromatic nitrogens is 3. The molecule has 134 valence electrons. The second-order valence-electron chi connectivity index (χ2n) is 6.33. The lowest BCUT2D eigenvalue weighted by molar-refractivity contribution is 0.418. The van der Waals surface area contributed by atoms with E-state index in [0.29, 0.717) is 12.0 Å². The van der Waals surface area contributed by atoms with Crippen molar-refractivity contribution in [1.82, 2.24) is 15.0 Å². The van der Waals surface area contributed by atoms with Gasteiger partial charge in [0.25, 0.3) is 0 Å². The average molecular weight is 414 g/mol. The summed E-state index contributed by atoms with van der Waals surface area (Å²) in [5.41, 5.74) is 0.819. The van der Waals surface area contributed by atoms with Crippen LogP contribution in [0.25, 0.3) is 10.9 Å². The Hall–Kier alpha value is -2.41. The third-order valence-corrected chi connectivity index (χ3v) is 5.09. The number of fused-ring (bicyclic) bond motifs is 1. The van der Waals surface area contributed by atoms with Crippen molar-refractivity contribution in [2.75, 3.05) is 30.4 Å². The third kappa shape index (κ3) is 3.58. The maximum atomic E-state index is 5.45. The van der Waals surface area contributed by atoms with Gasteiger partial charge in [-0.3, -0.25) is 0 Å². The van der Waals surface area contributed by atoms with Crippen LogP contribution in [0, 0.1) is 0 Å². The molecular formula is C19H20BrN5O. The largest absolute Gasteiger partial charge is 0.494 e. The quantitative estimate of drug-likeness (QED) is 0.699. The molecule has 6 nitrogen and oxygen atoms in total. The normalized spacial score (nSPS) is 15.2. The number of ether oxygens (including phenoxy) is 1. The average Bonchev–Trinajstić information content (AvgIpc) is 2.69. The zero-order chi connectivity index (χ0) is 17.9. The van der Waals surface area contributed by atoms with Crippen LogP contribution in [0.15, 0.2) is 47.2 Å². The molecule has 0 amide bonds. The van der Waals surface area contributed by atoms with E-state index in [9.17, 15) is 0 Å². The summed E-state index contributed by atoms with van der Waals surface area (Å²) in [7, 11) is 1.66. The summed E-state index contributed by atoms with van der Waals surface area (Å²) in [6.07, 6.45) is 5.72. The molecule has 0 radical (unpaired) electrons. The molecule has 0 bridgehead atoms. The molecule has 4 rings (SSSR count). The van der Waals surface area contributed by atoms with Crippen molar-refractivity contribution < 1.29 is 4.74 Å². The Morgan fingerprint density at radius 3 is 2.77 bits per heavy atom. The Balaban J connectivity index is 1.46. The lowest BCUT2D eigenvalue weighted by Gasteiger charge is -2.33. The first-order valence-electron chi connectivity index (χ1n) is 8.66. The van der Waals surface area contributed by atoms with Gasteiger partial charge in [0.1, 0.15) is 17.1 Å². The van der Waals surface area contributed by atoms with Crippen LogP contribution in [-0.4, -0.2) is 41.2 Å². The molecule has 3 aromatic rings. The van der Waals surface area contributed by atoms with E-state index in [0.717, 1.165) is 52.9 Å². The highest BCUT2D eigenvalue weighted by atomic mass is 79.9. The molecule has 1 aliphatic rings. The molecule has 1 saturated heterocycles. The number of nitrogens with one attached hydrogen (secondary N) is 1. The van der Waals surface area contributed by atoms with Crippen molar-refractivity contribution in [2.45, 2.75) is 18.9 Å². The number of rotatable bonds is 4. The number of nitrogens with zero attached hydrogens (tertiary/aromatic N) is 4. The zero-order valence-electron chi connectivity index (χ0n) is 14.5. The molecule has 3 heterocycles. The minimum atomic E-state index is 0.355. The molecule has 0 spiro atoms. The van der Waals surface area contributed by atoms with E-state index in [1.54, 1.807) is 7.11 Å². The van der Waals surface area contributed by atoms with Crippen molar-refractivity contribution in [3.8, 4) is 5.75 Å². The first kappa shape index (κ1) is 17.0. The molecule has 1 fully saturated rings. The van der Waals surface area contributed by atoms with Gasteiger partial charge in [0.15, 0.2) is 0 Å². The summed E-state index contributed by atoms with van der Waals surface area (Å²) in [4.78, 5) is 15.9. The minimum Gasteiger partial charge on any atom is -0.494 e. The SMILES string of the molecule is COc1cc(Br)cc2cnc(NC3CCN(c4ccccn4)CC3)nc12. The number of benzene rings is 1. The van der Waals surface area contributed by atoms with Crippen molar-refractivity contribution in [2.24, 2.45) is 0 Å².